The van der Waals surface area contributed by atoms with Gasteiger partial charge >= 0.3 is 0 Å². The lowest BCUT2D eigenvalue weighted by Gasteiger charge is -2.26. The lowest BCUT2D eigenvalue weighted by molar-refractivity contribution is 0.411. The van der Waals surface area contributed by atoms with Crippen molar-refractivity contribution in [2.24, 2.45) is 0 Å². The van der Waals surface area contributed by atoms with Crippen LogP contribution in [0.4, 0.5) is 0 Å². The van der Waals surface area contributed by atoms with Crippen molar-refractivity contribution in [2.45, 2.75) is 80.1 Å². The van der Waals surface area contributed by atoms with Gasteiger partial charge in [0, 0.05) is 0 Å². The Morgan fingerprint density at radius 1 is 0.654 bits per heavy atom. The third-order valence-electron chi connectivity index (χ3n) is 5.65. The number of hydrogen-bond acceptors (Lipinski definition) is 1. The van der Waals surface area contributed by atoms with Crippen LogP contribution in [0.5, 0.6) is 5.75 Å². The van der Waals surface area contributed by atoms with E-state index in [0.717, 1.165) is 5.75 Å². The first-order valence-corrected chi connectivity index (χ1v) is 9.92. The molecule has 0 heterocycles. The summed E-state index contributed by atoms with van der Waals surface area (Å²) in [6.45, 7) is 20.5. The second-order valence-electron chi connectivity index (χ2n) is 8.56. The molecule has 142 valence electrons. The van der Waals surface area contributed by atoms with Crippen molar-refractivity contribution < 1.29 is 4.74 Å². The number of ether oxygens (including phenoxy) is 1. The van der Waals surface area contributed by atoms with E-state index in [0.29, 0.717) is 17.8 Å². The van der Waals surface area contributed by atoms with E-state index < -0.39 is 0 Å². The predicted molar refractivity (Wildman–Crippen MR) is 115 cm³/mol. The Balaban J connectivity index is 2.95. The van der Waals surface area contributed by atoms with Crippen LogP contribution in [0.25, 0.3) is 11.1 Å². The first kappa shape index (κ1) is 20.6. The Labute approximate surface area is 160 Å². The topological polar surface area (TPSA) is 9.23 Å². The van der Waals surface area contributed by atoms with Gasteiger partial charge in [0.2, 0.25) is 0 Å². The van der Waals surface area contributed by atoms with Crippen molar-refractivity contribution in [3.63, 3.8) is 0 Å². The molecule has 0 amide bonds. The molecule has 0 atom stereocenters. The summed E-state index contributed by atoms with van der Waals surface area (Å²) in [6, 6.07) is 7.08. The molecular weight excluding hydrogens is 316 g/mol. The Kier molecular flexibility index (Phi) is 6.21. The van der Waals surface area contributed by atoms with Gasteiger partial charge in [0.15, 0.2) is 0 Å². The first-order chi connectivity index (χ1) is 12.1. The van der Waals surface area contributed by atoms with Crippen molar-refractivity contribution in [2.75, 3.05) is 7.11 Å². The Hall–Kier alpha value is -1.76. The van der Waals surface area contributed by atoms with E-state index in [1.807, 2.05) is 0 Å². The van der Waals surface area contributed by atoms with E-state index in [1.54, 1.807) is 7.11 Å². The summed E-state index contributed by atoms with van der Waals surface area (Å²) in [5, 5.41) is 0. The molecular formula is C25H36O. The maximum Gasteiger partial charge on any atom is 0.122 e. The van der Waals surface area contributed by atoms with Crippen LogP contribution in [0.1, 0.15) is 92.7 Å². The second-order valence-corrected chi connectivity index (χ2v) is 8.56. The van der Waals surface area contributed by atoms with Crippen LogP contribution in [-0.4, -0.2) is 7.11 Å². The zero-order valence-corrected chi connectivity index (χ0v) is 18.4. The molecule has 0 aromatic heterocycles. The molecule has 0 fully saturated rings. The van der Waals surface area contributed by atoms with E-state index in [-0.39, 0.29) is 0 Å². The average Bonchev–Trinajstić information content (AvgIpc) is 2.57. The molecule has 0 aliphatic carbocycles. The summed E-state index contributed by atoms with van der Waals surface area (Å²) in [7, 11) is 1.76. The van der Waals surface area contributed by atoms with Crippen molar-refractivity contribution >= 4 is 0 Å². The SMILES string of the molecule is COc1cc(C)c(-c2c(C(C)C)cc(C(C)C)cc2C(C)C)c(C)c1C. The molecule has 2 aromatic rings. The number of hydrogen-bond donors (Lipinski definition) is 0. The number of benzene rings is 2. The molecule has 0 unspecified atom stereocenters. The van der Waals surface area contributed by atoms with Gasteiger partial charge in [0.05, 0.1) is 7.11 Å². The molecule has 0 radical (unpaired) electrons. The van der Waals surface area contributed by atoms with E-state index in [2.05, 4.69) is 80.5 Å². The lowest BCUT2D eigenvalue weighted by Crippen LogP contribution is -2.06. The number of rotatable bonds is 5. The second kappa shape index (κ2) is 7.86. The van der Waals surface area contributed by atoms with E-state index >= 15 is 0 Å². The maximum absolute atomic E-state index is 5.60. The van der Waals surface area contributed by atoms with Crippen LogP contribution in [0.15, 0.2) is 18.2 Å². The zero-order valence-electron chi connectivity index (χ0n) is 18.4. The van der Waals surface area contributed by atoms with Gasteiger partial charge in [0.25, 0.3) is 0 Å². The van der Waals surface area contributed by atoms with Crippen molar-refractivity contribution in [3.05, 3.63) is 51.6 Å². The normalized spacial score (nSPS) is 11.7. The summed E-state index contributed by atoms with van der Waals surface area (Å²) < 4.78 is 5.60. The van der Waals surface area contributed by atoms with E-state index in [1.165, 1.54) is 44.5 Å². The van der Waals surface area contributed by atoms with E-state index in [4.69, 9.17) is 4.74 Å². The molecule has 26 heavy (non-hydrogen) atoms. The fourth-order valence-electron chi connectivity index (χ4n) is 3.89. The lowest BCUT2D eigenvalue weighted by atomic mass is 9.79. The van der Waals surface area contributed by atoms with Gasteiger partial charge in [-0.1, -0.05) is 53.7 Å². The molecule has 0 saturated carbocycles. The summed E-state index contributed by atoms with van der Waals surface area (Å²) in [6.07, 6.45) is 0. The molecule has 1 nitrogen and oxygen atoms in total. The highest BCUT2D eigenvalue weighted by molar-refractivity contribution is 5.80. The fraction of sp³-hybridized carbons (Fsp3) is 0.520. The molecule has 1 heteroatoms. The maximum atomic E-state index is 5.60. The van der Waals surface area contributed by atoms with Gasteiger partial charge in [-0.2, -0.15) is 0 Å². The van der Waals surface area contributed by atoms with Crippen LogP contribution < -0.4 is 4.74 Å². The summed E-state index contributed by atoms with van der Waals surface area (Å²) in [5.74, 6) is 2.50. The zero-order chi connectivity index (χ0) is 19.8. The molecule has 2 rings (SSSR count). The van der Waals surface area contributed by atoms with Crippen LogP contribution in [-0.2, 0) is 0 Å². The molecule has 0 aliphatic heterocycles. The molecule has 0 N–H and O–H groups in total. The number of aryl methyl sites for hydroxylation is 1. The van der Waals surface area contributed by atoms with Gasteiger partial charge in [-0.15, -0.1) is 0 Å². The fourth-order valence-corrected chi connectivity index (χ4v) is 3.89. The highest BCUT2D eigenvalue weighted by Crippen LogP contribution is 2.43. The van der Waals surface area contributed by atoms with Gasteiger partial charge in [-0.3, -0.25) is 0 Å². The monoisotopic (exact) mass is 352 g/mol. The van der Waals surface area contributed by atoms with Crippen molar-refractivity contribution in [3.8, 4) is 16.9 Å². The molecule has 0 spiro atoms. The Morgan fingerprint density at radius 2 is 1.15 bits per heavy atom. The molecule has 0 aliphatic rings. The minimum atomic E-state index is 0.488. The molecule has 2 aromatic carbocycles. The van der Waals surface area contributed by atoms with Crippen molar-refractivity contribution in [1.29, 1.82) is 0 Å². The highest BCUT2D eigenvalue weighted by atomic mass is 16.5. The van der Waals surface area contributed by atoms with Crippen LogP contribution in [0, 0.1) is 20.8 Å². The van der Waals surface area contributed by atoms with Gasteiger partial charge in [-0.05, 0) is 89.1 Å². The van der Waals surface area contributed by atoms with Crippen LogP contribution in [0.3, 0.4) is 0 Å². The van der Waals surface area contributed by atoms with Gasteiger partial charge < -0.3 is 4.74 Å². The Morgan fingerprint density at radius 3 is 1.54 bits per heavy atom. The third kappa shape index (κ3) is 3.68. The summed E-state index contributed by atoms with van der Waals surface area (Å²) in [4.78, 5) is 0. The number of methoxy groups -OCH3 is 1. The van der Waals surface area contributed by atoms with Gasteiger partial charge in [0.1, 0.15) is 5.75 Å². The van der Waals surface area contributed by atoms with Crippen molar-refractivity contribution in [1.82, 2.24) is 0 Å². The van der Waals surface area contributed by atoms with Crippen LogP contribution in [0.2, 0.25) is 0 Å². The van der Waals surface area contributed by atoms with E-state index in [9.17, 15) is 0 Å². The standard InChI is InChI=1S/C25H36O/c1-14(2)20-12-21(15(3)4)25(22(13-20)16(5)6)24-17(7)11-23(26-10)18(8)19(24)9/h11-16H,1-10H3. The Bertz CT molecular complexity index is 765. The minimum Gasteiger partial charge on any atom is -0.496 e. The molecule has 0 saturated heterocycles. The minimum absolute atomic E-state index is 0.488. The summed E-state index contributed by atoms with van der Waals surface area (Å²) >= 11 is 0. The quantitative estimate of drug-likeness (QED) is 0.536. The smallest absolute Gasteiger partial charge is 0.122 e. The predicted octanol–water partition coefficient (Wildman–Crippen LogP) is 7.66. The molecule has 0 bridgehead atoms. The summed E-state index contributed by atoms with van der Waals surface area (Å²) in [5.41, 5.74) is 11.1. The third-order valence-corrected chi connectivity index (χ3v) is 5.65. The highest BCUT2D eigenvalue weighted by Gasteiger charge is 2.22. The van der Waals surface area contributed by atoms with Crippen LogP contribution >= 0.6 is 0 Å². The largest absolute Gasteiger partial charge is 0.496 e. The first-order valence-electron chi connectivity index (χ1n) is 9.92. The van der Waals surface area contributed by atoms with Gasteiger partial charge in [-0.25, -0.2) is 0 Å². The average molecular weight is 353 g/mol.